The van der Waals surface area contributed by atoms with Gasteiger partial charge in [-0.05, 0) is 30.4 Å². The van der Waals surface area contributed by atoms with Crippen LogP contribution in [0, 0.1) is 5.92 Å². The van der Waals surface area contributed by atoms with Crippen molar-refractivity contribution < 1.29 is 14.7 Å². The Morgan fingerprint density at radius 2 is 1.95 bits per heavy atom. The molecule has 0 bridgehead atoms. The summed E-state index contributed by atoms with van der Waals surface area (Å²) in [4.78, 5) is 27.0. The van der Waals surface area contributed by atoms with E-state index in [9.17, 15) is 14.7 Å². The average molecular weight is 301 g/mol. The van der Waals surface area contributed by atoms with E-state index in [2.05, 4.69) is 13.8 Å². The van der Waals surface area contributed by atoms with E-state index in [-0.39, 0.29) is 5.91 Å². The molecule has 1 heterocycles. The summed E-state index contributed by atoms with van der Waals surface area (Å²) in [5.41, 5.74) is 0.719. The zero-order chi connectivity index (χ0) is 15.9. The molecule has 1 spiro atoms. The SMILES string of the molecule is CC(C)CN1C(=O)c2ccccc2C(C(=O)O)C12CCCC2. The fourth-order valence-corrected chi connectivity index (χ4v) is 4.27. The van der Waals surface area contributed by atoms with Gasteiger partial charge in [-0.25, -0.2) is 0 Å². The van der Waals surface area contributed by atoms with Crippen LogP contribution in [0.25, 0.3) is 0 Å². The lowest BCUT2D eigenvalue weighted by atomic mass is 9.71. The van der Waals surface area contributed by atoms with E-state index < -0.39 is 17.4 Å². The highest BCUT2D eigenvalue weighted by atomic mass is 16.4. The quantitative estimate of drug-likeness (QED) is 0.932. The van der Waals surface area contributed by atoms with Crippen molar-refractivity contribution in [3.8, 4) is 0 Å². The van der Waals surface area contributed by atoms with E-state index in [0.29, 0.717) is 23.6 Å². The summed E-state index contributed by atoms with van der Waals surface area (Å²) in [5, 5.41) is 9.91. The molecule has 0 saturated heterocycles. The number of carbonyl (C=O) groups excluding carboxylic acids is 1. The van der Waals surface area contributed by atoms with Crippen molar-refractivity contribution in [2.75, 3.05) is 6.54 Å². The molecule has 0 aromatic heterocycles. The fraction of sp³-hybridized carbons (Fsp3) is 0.556. The molecule has 1 N–H and O–H groups in total. The van der Waals surface area contributed by atoms with Crippen LogP contribution < -0.4 is 0 Å². The Bertz CT molecular complexity index is 602. The van der Waals surface area contributed by atoms with E-state index in [1.165, 1.54) is 0 Å². The Labute approximate surface area is 131 Å². The van der Waals surface area contributed by atoms with E-state index in [4.69, 9.17) is 0 Å². The van der Waals surface area contributed by atoms with Gasteiger partial charge in [0.2, 0.25) is 0 Å². The predicted molar refractivity (Wildman–Crippen MR) is 83.9 cm³/mol. The van der Waals surface area contributed by atoms with Gasteiger partial charge in [-0.15, -0.1) is 0 Å². The highest BCUT2D eigenvalue weighted by Gasteiger charge is 2.55. The summed E-state index contributed by atoms with van der Waals surface area (Å²) in [6.45, 7) is 4.77. The van der Waals surface area contributed by atoms with Crippen LogP contribution in [0.15, 0.2) is 24.3 Å². The molecular weight excluding hydrogens is 278 g/mol. The maximum absolute atomic E-state index is 13.0. The first-order chi connectivity index (χ1) is 10.5. The summed E-state index contributed by atoms with van der Waals surface area (Å²) < 4.78 is 0. The van der Waals surface area contributed by atoms with Crippen molar-refractivity contribution >= 4 is 11.9 Å². The van der Waals surface area contributed by atoms with Gasteiger partial charge in [-0.1, -0.05) is 44.9 Å². The van der Waals surface area contributed by atoms with Gasteiger partial charge in [-0.2, -0.15) is 0 Å². The van der Waals surface area contributed by atoms with E-state index in [0.717, 1.165) is 25.7 Å². The molecule has 1 amide bonds. The maximum atomic E-state index is 13.0. The van der Waals surface area contributed by atoms with Gasteiger partial charge >= 0.3 is 5.97 Å². The number of nitrogens with zero attached hydrogens (tertiary/aromatic N) is 1. The molecule has 1 aliphatic heterocycles. The molecule has 1 atom stereocenters. The monoisotopic (exact) mass is 301 g/mol. The van der Waals surface area contributed by atoms with Crippen molar-refractivity contribution in [3.63, 3.8) is 0 Å². The molecule has 1 saturated carbocycles. The number of rotatable bonds is 3. The van der Waals surface area contributed by atoms with E-state index in [1.807, 2.05) is 23.1 Å². The lowest BCUT2D eigenvalue weighted by Crippen LogP contribution is -2.60. The first-order valence-corrected chi connectivity index (χ1v) is 8.11. The Morgan fingerprint density at radius 3 is 2.55 bits per heavy atom. The lowest BCUT2D eigenvalue weighted by Gasteiger charge is -2.49. The summed E-state index contributed by atoms with van der Waals surface area (Å²) in [6, 6.07) is 7.24. The highest BCUT2D eigenvalue weighted by Crippen LogP contribution is 2.50. The standard InChI is InChI=1S/C18H23NO3/c1-12(2)11-19-16(20)14-8-4-3-7-13(14)15(17(21)22)18(19)9-5-6-10-18/h3-4,7-8,12,15H,5-6,9-11H2,1-2H3,(H,21,22). The molecule has 2 aliphatic rings. The minimum atomic E-state index is -0.810. The fourth-order valence-electron chi connectivity index (χ4n) is 4.27. The number of carbonyl (C=O) groups is 2. The van der Waals surface area contributed by atoms with Gasteiger partial charge in [0.25, 0.3) is 5.91 Å². The van der Waals surface area contributed by atoms with Gasteiger partial charge in [0, 0.05) is 12.1 Å². The number of hydrogen-bond donors (Lipinski definition) is 1. The largest absolute Gasteiger partial charge is 0.481 e. The number of hydrogen-bond acceptors (Lipinski definition) is 2. The number of benzene rings is 1. The molecule has 1 unspecified atom stereocenters. The molecule has 0 radical (unpaired) electrons. The number of amides is 1. The summed E-state index contributed by atoms with van der Waals surface area (Å²) >= 11 is 0. The van der Waals surface area contributed by atoms with Gasteiger partial charge in [0.05, 0.1) is 5.54 Å². The van der Waals surface area contributed by atoms with Gasteiger partial charge in [0.15, 0.2) is 0 Å². The summed E-state index contributed by atoms with van der Waals surface area (Å²) in [6.07, 6.45) is 3.56. The molecule has 1 aromatic carbocycles. The first-order valence-electron chi connectivity index (χ1n) is 8.11. The van der Waals surface area contributed by atoms with E-state index in [1.54, 1.807) is 6.07 Å². The summed E-state index contributed by atoms with van der Waals surface area (Å²) in [7, 11) is 0. The molecule has 4 nitrogen and oxygen atoms in total. The number of carboxylic acid groups (broad SMARTS) is 1. The smallest absolute Gasteiger partial charge is 0.313 e. The van der Waals surface area contributed by atoms with Crippen LogP contribution >= 0.6 is 0 Å². The topological polar surface area (TPSA) is 57.6 Å². The highest BCUT2D eigenvalue weighted by molar-refractivity contribution is 6.01. The zero-order valence-corrected chi connectivity index (χ0v) is 13.2. The van der Waals surface area contributed by atoms with Crippen molar-refractivity contribution in [2.45, 2.75) is 51.0 Å². The van der Waals surface area contributed by atoms with Crippen molar-refractivity contribution in [2.24, 2.45) is 5.92 Å². The zero-order valence-electron chi connectivity index (χ0n) is 13.2. The van der Waals surface area contributed by atoms with Crippen LogP contribution in [-0.2, 0) is 4.79 Å². The predicted octanol–water partition coefficient (Wildman–Crippen LogP) is 3.28. The Balaban J connectivity index is 2.19. The van der Waals surface area contributed by atoms with Crippen LogP contribution in [0.5, 0.6) is 0 Å². The molecule has 118 valence electrons. The van der Waals surface area contributed by atoms with Crippen LogP contribution in [0.3, 0.4) is 0 Å². The second-order valence-electron chi connectivity index (χ2n) is 6.98. The van der Waals surface area contributed by atoms with Crippen LogP contribution in [0.2, 0.25) is 0 Å². The molecule has 22 heavy (non-hydrogen) atoms. The number of fused-ring (bicyclic) bond motifs is 1. The summed E-state index contributed by atoms with van der Waals surface area (Å²) in [5.74, 6) is -1.09. The van der Waals surface area contributed by atoms with Gasteiger partial charge < -0.3 is 10.0 Å². The molecule has 1 aromatic rings. The third-order valence-corrected chi connectivity index (χ3v) is 5.09. The molecular formula is C18H23NO3. The minimum Gasteiger partial charge on any atom is -0.481 e. The number of carboxylic acids is 1. The molecule has 3 rings (SSSR count). The maximum Gasteiger partial charge on any atom is 0.313 e. The third-order valence-electron chi connectivity index (χ3n) is 5.09. The minimum absolute atomic E-state index is 0.00343. The Hall–Kier alpha value is -1.84. The Kier molecular flexibility index (Phi) is 3.71. The molecule has 1 fully saturated rings. The number of aliphatic carboxylic acids is 1. The molecule has 1 aliphatic carbocycles. The van der Waals surface area contributed by atoms with E-state index >= 15 is 0 Å². The van der Waals surface area contributed by atoms with Crippen LogP contribution in [0.1, 0.15) is 61.4 Å². The normalized spacial score (nSPS) is 23.1. The van der Waals surface area contributed by atoms with Crippen molar-refractivity contribution in [1.29, 1.82) is 0 Å². The van der Waals surface area contributed by atoms with Crippen molar-refractivity contribution in [1.82, 2.24) is 4.90 Å². The van der Waals surface area contributed by atoms with Gasteiger partial charge in [-0.3, -0.25) is 9.59 Å². The first kappa shape index (κ1) is 15.1. The second-order valence-corrected chi connectivity index (χ2v) is 6.98. The van der Waals surface area contributed by atoms with Gasteiger partial charge in [0.1, 0.15) is 5.92 Å². The van der Waals surface area contributed by atoms with Crippen LogP contribution in [0.4, 0.5) is 0 Å². The third kappa shape index (κ3) is 2.13. The van der Waals surface area contributed by atoms with Crippen molar-refractivity contribution in [3.05, 3.63) is 35.4 Å². The molecule has 4 heteroatoms. The Morgan fingerprint density at radius 1 is 1.32 bits per heavy atom. The lowest BCUT2D eigenvalue weighted by molar-refractivity contribution is -0.143. The second kappa shape index (κ2) is 5.41. The van der Waals surface area contributed by atoms with Crippen LogP contribution in [-0.4, -0.2) is 34.0 Å². The average Bonchev–Trinajstić information content (AvgIpc) is 2.93.